The van der Waals surface area contributed by atoms with E-state index in [1.165, 1.54) is 0 Å². The van der Waals surface area contributed by atoms with Crippen LogP contribution in [0.15, 0.2) is 24.5 Å². The summed E-state index contributed by atoms with van der Waals surface area (Å²) >= 11 is 0. The van der Waals surface area contributed by atoms with E-state index in [4.69, 9.17) is 4.74 Å². The SMILES string of the molecule is CC1CC(NC(=O)C(C)Oc2cccnc2)CCN1.Cl.Cl. The molecule has 2 heterocycles. The first-order chi connectivity index (χ1) is 9.15. The van der Waals surface area contributed by atoms with Gasteiger partial charge < -0.3 is 15.4 Å². The molecule has 3 atom stereocenters. The van der Waals surface area contributed by atoms with Crippen LogP contribution in [0.1, 0.15) is 26.7 Å². The minimum Gasteiger partial charge on any atom is -0.479 e. The maximum atomic E-state index is 12.0. The van der Waals surface area contributed by atoms with E-state index in [0.29, 0.717) is 11.8 Å². The number of hydrogen-bond donors (Lipinski definition) is 2. The van der Waals surface area contributed by atoms with Gasteiger partial charge in [-0.25, -0.2) is 0 Å². The number of ether oxygens (including phenoxy) is 1. The van der Waals surface area contributed by atoms with Gasteiger partial charge in [-0.15, -0.1) is 24.8 Å². The van der Waals surface area contributed by atoms with Crippen molar-refractivity contribution in [1.29, 1.82) is 0 Å². The average Bonchev–Trinajstić information content (AvgIpc) is 2.40. The number of nitrogens with one attached hydrogen (secondary N) is 2. The Morgan fingerprint density at radius 1 is 1.52 bits per heavy atom. The molecule has 0 aromatic carbocycles. The number of nitrogens with zero attached hydrogens (tertiary/aromatic N) is 1. The summed E-state index contributed by atoms with van der Waals surface area (Å²) in [4.78, 5) is 16.0. The normalized spacial score (nSPS) is 22.2. The predicted octanol–water partition coefficient (Wildman–Crippen LogP) is 1.95. The number of halogens is 2. The molecular weight excluding hydrogens is 313 g/mol. The van der Waals surface area contributed by atoms with E-state index in [2.05, 4.69) is 22.5 Å². The molecular formula is C14H23Cl2N3O2. The molecule has 1 aliphatic rings. The second-order valence-corrected chi connectivity index (χ2v) is 5.03. The highest BCUT2D eigenvalue weighted by atomic mass is 35.5. The number of piperidine rings is 1. The summed E-state index contributed by atoms with van der Waals surface area (Å²) < 4.78 is 5.55. The summed E-state index contributed by atoms with van der Waals surface area (Å²) in [6, 6.07) is 4.27. The molecule has 1 aromatic rings. The maximum Gasteiger partial charge on any atom is 0.260 e. The fraction of sp³-hybridized carbons (Fsp3) is 0.571. The summed E-state index contributed by atoms with van der Waals surface area (Å²) in [7, 11) is 0. The number of aromatic nitrogens is 1. The Bertz CT molecular complexity index is 420. The molecule has 1 aromatic heterocycles. The van der Waals surface area contributed by atoms with E-state index in [0.717, 1.165) is 19.4 Å². The summed E-state index contributed by atoms with van der Waals surface area (Å²) in [6.45, 7) is 4.84. The van der Waals surface area contributed by atoms with Crippen LogP contribution in [0, 0.1) is 0 Å². The first-order valence-corrected chi connectivity index (χ1v) is 6.75. The van der Waals surface area contributed by atoms with Gasteiger partial charge in [0.05, 0.1) is 6.20 Å². The number of rotatable bonds is 4. The van der Waals surface area contributed by atoms with Gasteiger partial charge in [-0.2, -0.15) is 0 Å². The lowest BCUT2D eigenvalue weighted by molar-refractivity contribution is -0.128. The summed E-state index contributed by atoms with van der Waals surface area (Å²) in [6.07, 6.45) is 4.71. The zero-order valence-electron chi connectivity index (χ0n) is 12.2. The van der Waals surface area contributed by atoms with Crippen LogP contribution in [0.2, 0.25) is 0 Å². The van der Waals surface area contributed by atoms with E-state index in [1.807, 2.05) is 0 Å². The molecule has 1 aliphatic heterocycles. The van der Waals surface area contributed by atoms with Crippen LogP contribution in [-0.2, 0) is 4.79 Å². The van der Waals surface area contributed by atoms with Crippen LogP contribution in [0.3, 0.4) is 0 Å². The first kappa shape index (κ1) is 20.0. The van der Waals surface area contributed by atoms with E-state index < -0.39 is 6.10 Å². The summed E-state index contributed by atoms with van der Waals surface area (Å²) in [5.41, 5.74) is 0. The number of carbonyl (C=O) groups excluding carboxylic acids is 1. The monoisotopic (exact) mass is 335 g/mol. The predicted molar refractivity (Wildman–Crippen MR) is 87.5 cm³/mol. The third kappa shape index (κ3) is 6.50. The second-order valence-electron chi connectivity index (χ2n) is 5.03. The van der Waals surface area contributed by atoms with Crippen molar-refractivity contribution < 1.29 is 9.53 Å². The molecule has 120 valence electrons. The van der Waals surface area contributed by atoms with Gasteiger partial charge in [-0.05, 0) is 45.4 Å². The summed E-state index contributed by atoms with van der Waals surface area (Å²) in [5, 5.41) is 6.41. The third-order valence-corrected chi connectivity index (χ3v) is 3.29. The molecule has 1 amide bonds. The Morgan fingerprint density at radius 3 is 2.90 bits per heavy atom. The van der Waals surface area contributed by atoms with Gasteiger partial charge in [0, 0.05) is 18.3 Å². The Balaban J connectivity index is 0.00000200. The van der Waals surface area contributed by atoms with Crippen molar-refractivity contribution in [2.24, 2.45) is 0 Å². The zero-order chi connectivity index (χ0) is 13.7. The number of carbonyl (C=O) groups is 1. The molecule has 1 fully saturated rings. The van der Waals surface area contributed by atoms with Gasteiger partial charge in [0.1, 0.15) is 5.75 Å². The van der Waals surface area contributed by atoms with Gasteiger partial charge in [0.2, 0.25) is 0 Å². The average molecular weight is 336 g/mol. The van der Waals surface area contributed by atoms with Gasteiger partial charge in [-0.1, -0.05) is 0 Å². The fourth-order valence-electron chi connectivity index (χ4n) is 2.26. The molecule has 2 rings (SSSR count). The zero-order valence-corrected chi connectivity index (χ0v) is 13.9. The molecule has 7 heteroatoms. The van der Waals surface area contributed by atoms with Crippen molar-refractivity contribution in [2.75, 3.05) is 6.54 Å². The van der Waals surface area contributed by atoms with Gasteiger partial charge in [-0.3, -0.25) is 9.78 Å². The molecule has 5 nitrogen and oxygen atoms in total. The summed E-state index contributed by atoms with van der Waals surface area (Å²) in [5.74, 6) is 0.548. The van der Waals surface area contributed by atoms with Crippen molar-refractivity contribution in [2.45, 2.75) is 44.9 Å². The first-order valence-electron chi connectivity index (χ1n) is 6.75. The number of pyridine rings is 1. The fourth-order valence-corrected chi connectivity index (χ4v) is 2.26. The third-order valence-electron chi connectivity index (χ3n) is 3.29. The van der Waals surface area contributed by atoms with E-state index in [-0.39, 0.29) is 36.8 Å². The molecule has 0 spiro atoms. The highest BCUT2D eigenvalue weighted by Crippen LogP contribution is 2.11. The Kier molecular flexibility index (Phi) is 9.33. The van der Waals surface area contributed by atoms with Crippen molar-refractivity contribution in [3.63, 3.8) is 0 Å². The van der Waals surface area contributed by atoms with E-state index in [9.17, 15) is 4.79 Å². The maximum absolute atomic E-state index is 12.0. The van der Waals surface area contributed by atoms with Gasteiger partial charge >= 0.3 is 0 Å². The molecule has 3 unspecified atom stereocenters. The minimum absolute atomic E-state index is 0. The molecule has 0 bridgehead atoms. The quantitative estimate of drug-likeness (QED) is 0.882. The lowest BCUT2D eigenvalue weighted by atomic mass is 10.0. The van der Waals surface area contributed by atoms with E-state index >= 15 is 0 Å². The Labute approximate surface area is 138 Å². The van der Waals surface area contributed by atoms with Crippen molar-refractivity contribution in [3.05, 3.63) is 24.5 Å². The molecule has 1 saturated heterocycles. The lowest BCUT2D eigenvalue weighted by Crippen LogP contribution is -2.49. The Morgan fingerprint density at radius 2 is 2.29 bits per heavy atom. The standard InChI is InChI=1S/C14H21N3O2.2ClH/c1-10-8-12(5-7-16-10)17-14(18)11(2)19-13-4-3-6-15-9-13;;/h3-4,6,9-12,16H,5,7-8H2,1-2H3,(H,17,18);2*1H. The smallest absolute Gasteiger partial charge is 0.260 e. The van der Waals surface area contributed by atoms with Crippen LogP contribution in [0.25, 0.3) is 0 Å². The molecule has 2 N–H and O–H groups in total. The largest absolute Gasteiger partial charge is 0.479 e. The van der Waals surface area contributed by atoms with Gasteiger partial charge in [0.25, 0.3) is 5.91 Å². The lowest BCUT2D eigenvalue weighted by Gasteiger charge is -2.29. The minimum atomic E-state index is -0.505. The molecule has 0 radical (unpaired) electrons. The van der Waals surface area contributed by atoms with Crippen LogP contribution in [-0.4, -0.2) is 35.6 Å². The second kappa shape index (κ2) is 9.82. The highest BCUT2D eigenvalue weighted by Gasteiger charge is 2.23. The Hall–Kier alpha value is -1.04. The molecule has 0 saturated carbocycles. The molecule has 0 aliphatic carbocycles. The number of amides is 1. The van der Waals surface area contributed by atoms with Crippen molar-refractivity contribution in [3.8, 4) is 5.75 Å². The highest BCUT2D eigenvalue weighted by molar-refractivity contribution is 5.85. The van der Waals surface area contributed by atoms with Crippen LogP contribution in [0.5, 0.6) is 5.75 Å². The topological polar surface area (TPSA) is 63.2 Å². The van der Waals surface area contributed by atoms with E-state index in [1.54, 1.807) is 31.5 Å². The van der Waals surface area contributed by atoms with Crippen LogP contribution >= 0.6 is 24.8 Å². The number of hydrogen-bond acceptors (Lipinski definition) is 4. The van der Waals surface area contributed by atoms with Crippen LogP contribution in [0.4, 0.5) is 0 Å². The van der Waals surface area contributed by atoms with Gasteiger partial charge in [0.15, 0.2) is 6.10 Å². The van der Waals surface area contributed by atoms with Crippen LogP contribution < -0.4 is 15.4 Å². The van der Waals surface area contributed by atoms with Crippen molar-refractivity contribution >= 4 is 30.7 Å². The molecule has 21 heavy (non-hydrogen) atoms. The van der Waals surface area contributed by atoms with Crippen molar-refractivity contribution in [1.82, 2.24) is 15.6 Å².